The van der Waals surface area contributed by atoms with E-state index in [0.717, 1.165) is 17.6 Å². The highest BCUT2D eigenvalue weighted by molar-refractivity contribution is 5.92. The number of benzene rings is 1. The lowest BCUT2D eigenvalue weighted by Gasteiger charge is -2.37. The Bertz CT molecular complexity index is 575. The molecule has 0 atom stereocenters. The van der Waals surface area contributed by atoms with Gasteiger partial charge < -0.3 is 10.6 Å². The maximum Gasteiger partial charge on any atom is 0.0726 e. The molecule has 1 aromatic carbocycles. The second-order valence-electron chi connectivity index (χ2n) is 5.58. The predicted octanol–water partition coefficient (Wildman–Crippen LogP) is 3.32. The minimum absolute atomic E-state index is 0.107. The summed E-state index contributed by atoms with van der Waals surface area (Å²) >= 11 is 0. The van der Waals surface area contributed by atoms with Crippen LogP contribution in [0.2, 0.25) is 0 Å². The Balaban J connectivity index is 2.64. The Morgan fingerprint density at radius 1 is 1.26 bits per heavy atom. The van der Waals surface area contributed by atoms with Crippen LogP contribution in [0.25, 0.3) is 10.9 Å². The summed E-state index contributed by atoms with van der Waals surface area (Å²) < 4.78 is 0. The Morgan fingerprint density at radius 2 is 1.95 bits per heavy atom. The van der Waals surface area contributed by atoms with Gasteiger partial charge >= 0.3 is 0 Å². The van der Waals surface area contributed by atoms with Gasteiger partial charge in [-0.05, 0) is 32.4 Å². The molecule has 0 radical (unpaired) electrons. The van der Waals surface area contributed by atoms with Crippen LogP contribution in [0.3, 0.4) is 0 Å². The van der Waals surface area contributed by atoms with Crippen molar-refractivity contribution in [3.8, 4) is 0 Å². The third kappa shape index (κ3) is 2.56. The quantitative estimate of drug-likeness (QED) is 0.913. The highest BCUT2D eigenvalue weighted by Gasteiger charge is 2.23. The van der Waals surface area contributed by atoms with Gasteiger partial charge in [0.1, 0.15) is 0 Å². The van der Waals surface area contributed by atoms with E-state index in [-0.39, 0.29) is 5.54 Å². The van der Waals surface area contributed by atoms with Crippen LogP contribution in [0.1, 0.15) is 32.9 Å². The molecule has 0 spiro atoms. The average Bonchev–Trinajstić information content (AvgIpc) is 2.45. The molecular formula is C16H23N3. The molecule has 0 aliphatic rings. The predicted molar refractivity (Wildman–Crippen MR) is 82.4 cm³/mol. The molecule has 2 N–H and O–H groups in total. The molecule has 1 heterocycles. The normalized spacial score (nSPS) is 11.8. The van der Waals surface area contributed by atoms with Gasteiger partial charge in [-0.3, -0.25) is 4.98 Å². The molecule has 0 fully saturated rings. The summed E-state index contributed by atoms with van der Waals surface area (Å²) in [6, 6.07) is 10.4. The lowest BCUT2D eigenvalue weighted by Crippen LogP contribution is -2.40. The Morgan fingerprint density at radius 3 is 2.58 bits per heavy atom. The number of nitrogens with two attached hydrogens (primary N) is 1. The van der Waals surface area contributed by atoms with Gasteiger partial charge in [-0.15, -0.1) is 0 Å². The van der Waals surface area contributed by atoms with Gasteiger partial charge in [-0.2, -0.15) is 0 Å². The maximum atomic E-state index is 5.77. The second-order valence-corrected chi connectivity index (χ2v) is 5.58. The Kier molecular flexibility index (Phi) is 3.76. The number of rotatable bonds is 4. The molecular weight excluding hydrogens is 234 g/mol. The van der Waals surface area contributed by atoms with Crippen LogP contribution in [0.4, 0.5) is 5.69 Å². The largest absolute Gasteiger partial charge is 0.369 e. The minimum atomic E-state index is 0.107. The van der Waals surface area contributed by atoms with Crippen molar-refractivity contribution in [3.05, 3.63) is 36.0 Å². The zero-order valence-electron chi connectivity index (χ0n) is 12.3. The molecule has 2 rings (SSSR count). The number of fused-ring (bicyclic) bond motifs is 1. The van der Waals surface area contributed by atoms with Crippen LogP contribution in [-0.2, 0) is 6.54 Å². The first kappa shape index (κ1) is 13.8. The van der Waals surface area contributed by atoms with Crippen LogP contribution >= 0.6 is 0 Å². The van der Waals surface area contributed by atoms with Crippen molar-refractivity contribution < 1.29 is 0 Å². The summed E-state index contributed by atoms with van der Waals surface area (Å²) in [5.41, 5.74) is 9.03. The van der Waals surface area contributed by atoms with E-state index in [2.05, 4.69) is 55.9 Å². The van der Waals surface area contributed by atoms with E-state index in [0.29, 0.717) is 6.54 Å². The molecule has 0 unspecified atom stereocenters. The molecule has 102 valence electrons. The van der Waals surface area contributed by atoms with E-state index in [1.54, 1.807) is 0 Å². The number of anilines is 1. The molecule has 0 saturated carbocycles. The first-order valence-electron chi connectivity index (χ1n) is 6.82. The number of hydrogen-bond donors (Lipinski definition) is 1. The van der Waals surface area contributed by atoms with E-state index in [1.165, 1.54) is 11.1 Å². The standard InChI is InChI=1S/C16H23N3/c1-5-16(2,3)19(4)15-10-12(11-17)18-14-9-7-6-8-13(14)15/h6-10H,5,11,17H2,1-4H3. The van der Waals surface area contributed by atoms with Gasteiger partial charge in [0.2, 0.25) is 0 Å². The molecule has 0 aliphatic carbocycles. The van der Waals surface area contributed by atoms with E-state index in [1.807, 2.05) is 12.1 Å². The van der Waals surface area contributed by atoms with Crippen LogP contribution < -0.4 is 10.6 Å². The topological polar surface area (TPSA) is 42.1 Å². The molecule has 0 saturated heterocycles. The summed E-state index contributed by atoms with van der Waals surface area (Å²) in [5, 5.41) is 1.18. The summed E-state index contributed by atoms with van der Waals surface area (Å²) in [6.07, 6.45) is 1.08. The van der Waals surface area contributed by atoms with Crippen molar-refractivity contribution in [2.24, 2.45) is 5.73 Å². The molecule has 0 aliphatic heterocycles. The first-order chi connectivity index (χ1) is 8.99. The Labute approximate surface area is 115 Å². The van der Waals surface area contributed by atoms with E-state index in [4.69, 9.17) is 5.73 Å². The number of pyridine rings is 1. The monoisotopic (exact) mass is 257 g/mol. The summed E-state index contributed by atoms with van der Waals surface area (Å²) in [6.45, 7) is 7.19. The van der Waals surface area contributed by atoms with Crippen molar-refractivity contribution in [3.63, 3.8) is 0 Å². The SMILES string of the molecule is CCC(C)(C)N(C)c1cc(CN)nc2ccccc12. The van der Waals surface area contributed by atoms with E-state index in [9.17, 15) is 0 Å². The zero-order valence-corrected chi connectivity index (χ0v) is 12.3. The molecule has 19 heavy (non-hydrogen) atoms. The summed E-state index contributed by atoms with van der Waals surface area (Å²) in [4.78, 5) is 6.92. The van der Waals surface area contributed by atoms with E-state index >= 15 is 0 Å². The molecule has 0 amide bonds. The van der Waals surface area contributed by atoms with Crippen molar-refractivity contribution in [1.29, 1.82) is 0 Å². The summed E-state index contributed by atoms with van der Waals surface area (Å²) in [5.74, 6) is 0. The van der Waals surface area contributed by atoms with Crippen molar-refractivity contribution in [1.82, 2.24) is 4.98 Å². The molecule has 1 aromatic heterocycles. The highest BCUT2D eigenvalue weighted by atomic mass is 15.2. The minimum Gasteiger partial charge on any atom is -0.369 e. The van der Waals surface area contributed by atoms with Crippen LogP contribution in [-0.4, -0.2) is 17.6 Å². The van der Waals surface area contributed by atoms with Gasteiger partial charge in [-0.1, -0.05) is 25.1 Å². The second kappa shape index (κ2) is 5.17. The number of para-hydroxylation sites is 1. The summed E-state index contributed by atoms with van der Waals surface area (Å²) in [7, 11) is 2.14. The van der Waals surface area contributed by atoms with Gasteiger partial charge in [0.05, 0.1) is 11.2 Å². The Hall–Kier alpha value is -1.61. The van der Waals surface area contributed by atoms with Crippen LogP contribution in [0.15, 0.2) is 30.3 Å². The van der Waals surface area contributed by atoms with Gasteiger partial charge in [0, 0.05) is 30.2 Å². The third-order valence-corrected chi connectivity index (χ3v) is 4.09. The fourth-order valence-electron chi connectivity index (χ4n) is 2.16. The van der Waals surface area contributed by atoms with Gasteiger partial charge in [0.15, 0.2) is 0 Å². The number of nitrogens with zero attached hydrogens (tertiary/aromatic N) is 2. The fourth-order valence-corrected chi connectivity index (χ4v) is 2.16. The lowest BCUT2D eigenvalue weighted by atomic mass is 9.98. The van der Waals surface area contributed by atoms with Gasteiger partial charge in [-0.25, -0.2) is 0 Å². The average molecular weight is 257 g/mol. The van der Waals surface area contributed by atoms with Crippen LogP contribution in [0, 0.1) is 0 Å². The number of hydrogen-bond acceptors (Lipinski definition) is 3. The van der Waals surface area contributed by atoms with Crippen LogP contribution in [0.5, 0.6) is 0 Å². The van der Waals surface area contributed by atoms with E-state index < -0.39 is 0 Å². The maximum absolute atomic E-state index is 5.77. The number of aromatic nitrogens is 1. The highest BCUT2D eigenvalue weighted by Crippen LogP contribution is 2.31. The van der Waals surface area contributed by atoms with Crippen molar-refractivity contribution >= 4 is 16.6 Å². The van der Waals surface area contributed by atoms with Crippen molar-refractivity contribution in [2.75, 3.05) is 11.9 Å². The lowest BCUT2D eigenvalue weighted by molar-refractivity contribution is 0.471. The molecule has 3 nitrogen and oxygen atoms in total. The first-order valence-corrected chi connectivity index (χ1v) is 6.82. The van der Waals surface area contributed by atoms with Crippen molar-refractivity contribution in [2.45, 2.75) is 39.3 Å². The molecule has 3 heteroatoms. The fraction of sp³-hybridized carbons (Fsp3) is 0.438. The third-order valence-electron chi connectivity index (χ3n) is 4.09. The zero-order chi connectivity index (χ0) is 14.0. The van der Waals surface area contributed by atoms with Gasteiger partial charge in [0.25, 0.3) is 0 Å². The molecule has 0 bridgehead atoms. The smallest absolute Gasteiger partial charge is 0.0726 e. The molecule has 2 aromatic rings.